The Morgan fingerprint density at radius 2 is 2.10 bits per heavy atom. The Morgan fingerprint density at radius 1 is 1.25 bits per heavy atom. The molecule has 2 aromatic rings. The highest BCUT2D eigenvalue weighted by atomic mass is 32.1. The van der Waals surface area contributed by atoms with Crippen LogP contribution in [0, 0.1) is 16.4 Å². The van der Waals surface area contributed by atoms with Crippen LogP contribution in [-0.2, 0) is 6.54 Å². The van der Waals surface area contributed by atoms with E-state index in [-0.39, 0.29) is 5.52 Å². The monoisotopic (exact) mass is 294 g/mol. The summed E-state index contributed by atoms with van der Waals surface area (Å²) in [4.78, 5) is 2.93. The zero-order valence-electron chi connectivity index (χ0n) is 11.1. The fourth-order valence-electron chi connectivity index (χ4n) is 2.79. The molecular formula is C15H16F2N2S. The van der Waals surface area contributed by atoms with Crippen LogP contribution < -0.4 is 0 Å². The van der Waals surface area contributed by atoms with Crippen LogP contribution in [0.25, 0.3) is 11.0 Å². The maximum absolute atomic E-state index is 14.0. The van der Waals surface area contributed by atoms with Gasteiger partial charge in [-0.2, -0.15) is 0 Å². The Bertz CT molecular complexity index is 727. The van der Waals surface area contributed by atoms with Crippen molar-refractivity contribution in [2.75, 3.05) is 0 Å². The van der Waals surface area contributed by atoms with Gasteiger partial charge in [-0.25, -0.2) is 8.78 Å². The lowest BCUT2D eigenvalue weighted by atomic mass is 9.97. The number of hydrogen-bond donors (Lipinski definition) is 1. The maximum atomic E-state index is 14.0. The van der Waals surface area contributed by atoms with Crippen molar-refractivity contribution in [3.8, 4) is 0 Å². The molecule has 1 aromatic carbocycles. The molecule has 0 aliphatic heterocycles. The molecule has 2 nitrogen and oxygen atoms in total. The molecular weight excluding hydrogens is 278 g/mol. The second kappa shape index (κ2) is 5.48. The first kappa shape index (κ1) is 13.5. The van der Waals surface area contributed by atoms with E-state index in [1.165, 1.54) is 24.5 Å². The fourth-order valence-corrected chi connectivity index (χ4v) is 3.08. The summed E-state index contributed by atoms with van der Waals surface area (Å²) in [6.07, 6.45) is 7.80. The molecule has 1 aliphatic rings. The number of rotatable bonds is 3. The van der Waals surface area contributed by atoms with Crippen LogP contribution in [0.5, 0.6) is 0 Å². The lowest BCUT2D eigenvalue weighted by molar-refractivity contribution is 0.510. The van der Waals surface area contributed by atoms with E-state index in [9.17, 15) is 8.78 Å². The smallest absolute Gasteiger partial charge is 0.184 e. The Balaban J connectivity index is 1.94. The SMILES string of the molecule is Fc1ccc2[nH]c(=S)n(CCC3=CCCCC3)c2c1F. The largest absolute Gasteiger partial charge is 0.330 e. The van der Waals surface area contributed by atoms with Crippen molar-refractivity contribution in [2.24, 2.45) is 0 Å². The molecule has 1 N–H and O–H groups in total. The van der Waals surface area contributed by atoms with Crippen molar-refractivity contribution in [3.63, 3.8) is 0 Å². The van der Waals surface area contributed by atoms with Crippen LogP contribution >= 0.6 is 12.2 Å². The minimum Gasteiger partial charge on any atom is -0.330 e. The van der Waals surface area contributed by atoms with Gasteiger partial charge in [-0.05, 0) is 56.5 Å². The first-order valence-electron chi connectivity index (χ1n) is 6.91. The number of aromatic nitrogens is 2. The van der Waals surface area contributed by atoms with Gasteiger partial charge in [0.1, 0.15) is 5.52 Å². The van der Waals surface area contributed by atoms with E-state index in [0.717, 1.165) is 25.3 Å². The van der Waals surface area contributed by atoms with Gasteiger partial charge in [-0.3, -0.25) is 0 Å². The second-order valence-electron chi connectivity index (χ2n) is 5.20. The minimum absolute atomic E-state index is 0.242. The maximum Gasteiger partial charge on any atom is 0.184 e. The molecule has 1 heterocycles. The molecule has 5 heteroatoms. The number of allylic oxidation sites excluding steroid dienone is 2. The summed E-state index contributed by atoms with van der Waals surface area (Å²) in [5.74, 6) is -1.66. The van der Waals surface area contributed by atoms with Crippen molar-refractivity contribution in [1.29, 1.82) is 0 Å². The minimum atomic E-state index is -0.836. The third kappa shape index (κ3) is 2.42. The zero-order chi connectivity index (χ0) is 14.1. The van der Waals surface area contributed by atoms with E-state index in [2.05, 4.69) is 11.1 Å². The van der Waals surface area contributed by atoms with Crippen molar-refractivity contribution in [1.82, 2.24) is 9.55 Å². The number of benzene rings is 1. The molecule has 1 aliphatic carbocycles. The Morgan fingerprint density at radius 3 is 2.85 bits per heavy atom. The summed E-state index contributed by atoms with van der Waals surface area (Å²) in [5, 5.41) is 0. The molecule has 0 saturated heterocycles. The van der Waals surface area contributed by atoms with Crippen molar-refractivity contribution in [3.05, 3.63) is 40.2 Å². The Kier molecular flexibility index (Phi) is 3.70. The lowest BCUT2D eigenvalue weighted by Gasteiger charge is -2.13. The van der Waals surface area contributed by atoms with Gasteiger partial charge in [-0.1, -0.05) is 11.6 Å². The van der Waals surface area contributed by atoms with Gasteiger partial charge in [0.15, 0.2) is 16.4 Å². The third-order valence-corrected chi connectivity index (χ3v) is 4.19. The van der Waals surface area contributed by atoms with Gasteiger partial charge in [0, 0.05) is 6.54 Å². The molecule has 106 valence electrons. The van der Waals surface area contributed by atoms with E-state index in [0.29, 0.717) is 16.8 Å². The summed E-state index contributed by atoms with van der Waals surface area (Å²) >= 11 is 5.22. The molecule has 0 unspecified atom stereocenters. The van der Waals surface area contributed by atoms with Crippen LogP contribution in [0.1, 0.15) is 32.1 Å². The van der Waals surface area contributed by atoms with Gasteiger partial charge in [0.2, 0.25) is 0 Å². The van der Waals surface area contributed by atoms with E-state index < -0.39 is 11.6 Å². The van der Waals surface area contributed by atoms with E-state index >= 15 is 0 Å². The lowest BCUT2D eigenvalue weighted by Crippen LogP contribution is -2.03. The molecule has 1 aromatic heterocycles. The molecule has 0 atom stereocenters. The fraction of sp³-hybridized carbons (Fsp3) is 0.400. The summed E-state index contributed by atoms with van der Waals surface area (Å²) in [6, 6.07) is 2.65. The number of imidazole rings is 1. The number of nitrogens with zero attached hydrogens (tertiary/aromatic N) is 1. The van der Waals surface area contributed by atoms with Crippen molar-refractivity contribution >= 4 is 23.3 Å². The number of fused-ring (bicyclic) bond motifs is 1. The van der Waals surface area contributed by atoms with Crippen molar-refractivity contribution in [2.45, 2.75) is 38.6 Å². The van der Waals surface area contributed by atoms with Crippen LogP contribution in [0.2, 0.25) is 0 Å². The zero-order valence-corrected chi connectivity index (χ0v) is 11.9. The number of hydrogen-bond acceptors (Lipinski definition) is 1. The molecule has 20 heavy (non-hydrogen) atoms. The number of halogens is 2. The first-order chi connectivity index (χ1) is 9.66. The highest BCUT2D eigenvalue weighted by Crippen LogP contribution is 2.24. The normalized spacial score (nSPS) is 15.6. The van der Waals surface area contributed by atoms with Gasteiger partial charge >= 0.3 is 0 Å². The predicted molar refractivity (Wildman–Crippen MR) is 78.2 cm³/mol. The molecule has 3 rings (SSSR count). The van der Waals surface area contributed by atoms with Crippen LogP contribution in [0.4, 0.5) is 8.78 Å². The van der Waals surface area contributed by atoms with Crippen LogP contribution in [0.15, 0.2) is 23.8 Å². The molecule has 0 amide bonds. The number of H-pyrrole nitrogens is 1. The summed E-state index contributed by atoms with van der Waals surface area (Å²) < 4.78 is 29.5. The standard InChI is InChI=1S/C15H16F2N2S/c16-11-6-7-12-14(13(11)17)19(15(20)18-12)9-8-10-4-2-1-3-5-10/h4,6-7H,1-3,5,8-9H2,(H,18,20). The summed E-state index contributed by atoms with van der Waals surface area (Å²) in [7, 11) is 0. The van der Waals surface area contributed by atoms with Crippen LogP contribution in [-0.4, -0.2) is 9.55 Å². The third-order valence-electron chi connectivity index (χ3n) is 3.87. The predicted octanol–water partition coefficient (Wildman–Crippen LogP) is 4.87. The van der Waals surface area contributed by atoms with E-state index in [1.807, 2.05) is 0 Å². The average Bonchev–Trinajstić information content (AvgIpc) is 2.78. The van der Waals surface area contributed by atoms with Gasteiger partial charge < -0.3 is 9.55 Å². The molecule has 0 radical (unpaired) electrons. The highest BCUT2D eigenvalue weighted by Gasteiger charge is 2.14. The first-order valence-corrected chi connectivity index (χ1v) is 7.32. The van der Waals surface area contributed by atoms with E-state index in [1.54, 1.807) is 4.57 Å². The van der Waals surface area contributed by atoms with Gasteiger partial charge in [0.25, 0.3) is 0 Å². The molecule has 0 spiro atoms. The quantitative estimate of drug-likeness (QED) is 0.633. The Labute approximate surface area is 121 Å². The summed E-state index contributed by atoms with van der Waals surface area (Å²) in [6.45, 7) is 0.588. The average molecular weight is 294 g/mol. The van der Waals surface area contributed by atoms with Crippen molar-refractivity contribution < 1.29 is 8.78 Å². The number of aromatic amines is 1. The number of aryl methyl sites for hydroxylation is 1. The number of nitrogens with one attached hydrogen (secondary N) is 1. The molecule has 0 fully saturated rings. The Hall–Kier alpha value is -1.49. The molecule has 0 bridgehead atoms. The highest BCUT2D eigenvalue weighted by molar-refractivity contribution is 7.71. The topological polar surface area (TPSA) is 20.7 Å². The van der Waals surface area contributed by atoms with E-state index in [4.69, 9.17) is 12.2 Å². The second-order valence-corrected chi connectivity index (χ2v) is 5.58. The summed E-state index contributed by atoms with van der Waals surface area (Å²) in [5.41, 5.74) is 2.18. The van der Waals surface area contributed by atoms with Gasteiger partial charge in [-0.15, -0.1) is 0 Å². The van der Waals surface area contributed by atoms with Crippen LogP contribution in [0.3, 0.4) is 0 Å². The molecule has 0 saturated carbocycles. The van der Waals surface area contributed by atoms with Gasteiger partial charge in [0.05, 0.1) is 5.52 Å².